The van der Waals surface area contributed by atoms with Crippen LogP contribution in [-0.2, 0) is 9.53 Å². The summed E-state index contributed by atoms with van der Waals surface area (Å²) in [5, 5.41) is 0. The minimum atomic E-state index is 0.0965. The number of aromatic nitrogens is 1. The van der Waals surface area contributed by atoms with E-state index < -0.39 is 0 Å². The lowest BCUT2D eigenvalue weighted by atomic mass is 10.1. The smallest absolute Gasteiger partial charge is 0.213 e. The fourth-order valence-electron chi connectivity index (χ4n) is 2.53. The van der Waals surface area contributed by atoms with Gasteiger partial charge >= 0.3 is 0 Å². The maximum absolute atomic E-state index is 11.1. The number of anilines is 2. The molecule has 1 fully saturated rings. The molecule has 0 saturated carbocycles. The summed E-state index contributed by atoms with van der Waals surface area (Å²) in [6.07, 6.45) is 4.59. The van der Waals surface area contributed by atoms with Gasteiger partial charge in [-0.3, -0.25) is 4.79 Å². The van der Waals surface area contributed by atoms with Crippen molar-refractivity contribution in [3.05, 3.63) is 12.3 Å². The number of nitrogens with zero attached hydrogens (tertiary/aromatic N) is 3. The Balaban J connectivity index is 2.22. The second-order valence-electron chi connectivity index (χ2n) is 5.97. The lowest BCUT2D eigenvalue weighted by molar-refractivity contribution is -0.107. The van der Waals surface area contributed by atoms with Gasteiger partial charge in [-0.2, -0.15) is 0 Å². The first kappa shape index (κ1) is 18.0. The molecule has 0 aliphatic carbocycles. The van der Waals surface area contributed by atoms with Crippen LogP contribution in [0.5, 0.6) is 0 Å². The summed E-state index contributed by atoms with van der Waals surface area (Å²) < 4.78 is 5.43. The average molecular weight is 338 g/mol. The van der Waals surface area contributed by atoms with Gasteiger partial charge < -0.3 is 20.3 Å². The van der Waals surface area contributed by atoms with Crippen molar-refractivity contribution in [1.82, 2.24) is 4.98 Å². The minimum Gasteiger partial charge on any atom is -0.381 e. The Morgan fingerprint density at radius 2 is 2.17 bits per heavy atom. The Morgan fingerprint density at radius 3 is 2.78 bits per heavy atom. The normalized spacial score (nSPS) is 16.9. The van der Waals surface area contributed by atoms with E-state index in [2.05, 4.69) is 23.0 Å². The molecule has 1 aromatic rings. The molecular formula is C16H26N4O2S. The maximum Gasteiger partial charge on any atom is 0.213 e. The Hall–Kier alpha value is -1.31. The third-order valence-corrected chi connectivity index (χ3v) is 5.30. The summed E-state index contributed by atoms with van der Waals surface area (Å²) in [7, 11) is 3.81. The number of thioether (sulfide) groups is 1. The van der Waals surface area contributed by atoms with Crippen molar-refractivity contribution in [2.75, 3.05) is 42.9 Å². The molecule has 1 aliphatic rings. The quantitative estimate of drug-likeness (QED) is 0.603. The topological polar surface area (TPSA) is 71.7 Å². The molecule has 2 heterocycles. The van der Waals surface area contributed by atoms with E-state index in [0.717, 1.165) is 54.6 Å². The summed E-state index contributed by atoms with van der Waals surface area (Å²) in [6, 6.07) is 2.59. The summed E-state index contributed by atoms with van der Waals surface area (Å²) in [5.74, 6) is 1.72. The predicted molar refractivity (Wildman–Crippen MR) is 95.3 cm³/mol. The standard InChI is InChI=1S/C16H26N4O2S/c1-12(17)10-23-15-8-16(18-9-14(15)19(2)11-21)20(3)13-4-6-22-7-5-13/h8-9,11-13H,4-7,10,17H2,1-3H3/t12-/m1/s1. The van der Waals surface area contributed by atoms with Gasteiger partial charge in [-0.05, 0) is 25.8 Å². The third-order valence-electron chi connectivity index (χ3n) is 3.97. The van der Waals surface area contributed by atoms with Gasteiger partial charge in [0.2, 0.25) is 6.41 Å². The molecule has 1 saturated heterocycles. The van der Waals surface area contributed by atoms with Crippen LogP contribution in [0, 0.1) is 0 Å². The Bertz CT molecular complexity index is 521. The number of hydrogen-bond acceptors (Lipinski definition) is 6. The first-order valence-corrected chi connectivity index (χ1v) is 8.88. The van der Waals surface area contributed by atoms with Gasteiger partial charge in [0.15, 0.2) is 0 Å². The van der Waals surface area contributed by atoms with Crippen molar-refractivity contribution in [1.29, 1.82) is 0 Å². The minimum absolute atomic E-state index is 0.0965. The molecule has 2 rings (SSSR count). The van der Waals surface area contributed by atoms with Crippen LogP contribution in [0.25, 0.3) is 0 Å². The largest absolute Gasteiger partial charge is 0.381 e. The van der Waals surface area contributed by atoms with Gasteiger partial charge in [-0.15, -0.1) is 11.8 Å². The molecule has 7 heteroatoms. The van der Waals surface area contributed by atoms with E-state index in [1.165, 1.54) is 0 Å². The van der Waals surface area contributed by atoms with Crippen molar-refractivity contribution in [2.45, 2.75) is 36.7 Å². The number of ether oxygens (including phenoxy) is 1. The van der Waals surface area contributed by atoms with Crippen LogP contribution in [0.2, 0.25) is 0 Å². The SMILES string of the molecule is C[C@@H](N)CSc1cc(N(C)C2CCOCC2)ncc1N(C)C=O. The maximum atomic E-state index is 11.1. The molecule has 1 aromatic heterocycles. The molecule has 1 atom stereocenters. The van der Waals surface area contributed by atoms with Crippen LogP contribution in [0.1, 0.15) is 19.8 Å². The van der Waals surface area contributed by atoms with Crippen LogP contribution >= 0.6 is 11.8 Å². The van der Waals surface area contributed by atoms with Gasteiger partial charge in [0.05, 0.1) is 11.9 Å². The summed E-state index contributed by atoms with van der Waals surface area (Å²) in [6.45, 7) is 3.58. The van der Waals surface area contributed by atoms with Crippen molar-refractivity contribution < 1.29 is 9.53 Å². The molecule has 0 aromatic carbocycles. The molecule has 0 unspecified atom stereocenters. The van der Waals surface area contributed by atoms with Crippen molar-refractivity contribution >= 4 is 29.7 Å². The van der Waals surface area contributed by atoms with Crippen molar-refractivity contribution in [3.63, 3.8) is 0 Å². The van der Waals surface area contributed by atoms with E-state index in [1.54, 1.807) is 29.9 Å². The number of rotatable bonds is 7. The zero-order chi connectivity index (χ0) is 16.8. The second-order valence-corrected chi connectivity index (χ2v) is 7.03. The zero-order valence-electron chi connectivity index (χ0n) is 14.1. The second kappa shape index (κ2) is 8.52. The van der Waals surface area contributed by atoms with E-state index in [9.17, 15) is 4.79 Å². The summed E-state index contributed by atoms with van der Waals surface area (Å²) >= 11 is 1.66. The molecule has 128 valence electrons. The molecular weight excluding hydrogens is 312 g/mol. The fourth-order valence-corrected chi connectivity index (χ4v) is 3.51. The van der Waals surface area contributed by atoms with Crippen LogP contribution in [0.3, 0.4) is 0 Å². The highest BCUT2D eigenvalue weighted by Gasteiger charge is 2.21. The number of nitrogens with two attached hydrogens (primary N) is 1. The predicted octanol–water partition coefficient (Wildman–Crippen LogP) is 1.73. The number of amides is 1. The molecule has 0 radical (unpaired) electrons. The molecule has 2 N–H and O–H groups in total. The van der Waals surface area contributed by atoms with Crippen molar-refractivity contribution in [3.8, 4) is 0 Å². The molecule has 6 nitrogen and oxygen atoms in total. The van der Waals surface area contributed by atoms with E-state index >= 15 is 0 Å². The molecule has 1 amide bonds. The first-order valence-electron chi connectivity index (χ1n) is 7.90. The van der Waals surface area contributed by atoms with Gasteiger partial charge in [-0.25, -0.2) is 4.98 Å². The van der Waals surface area contributed by atoms with Crippen LogP contribution < -0.4 is 15.5 Å². The molecule has 0 bridgehead atoms. The monoisotopic (exact) mass is 338 g/mol. The highest BCUT2D eigenvalue weighted by atomic mass is 32.2. The third kappa shape index (κ3) is 4.83. The number of pyridine rings is 1. The number of carbonyl (C=O) groups is 1. The lowest BCUT2D eigenvalue weighted by Gasteiger charge is -2.32. The van der Waals surface area contributed by atoms with Crippen LogP contribution in [-0.4, -0.2) is 56.5 Å². The number of hydrogen-bond donors (Lipinski definition) is 1. The highest BCUT2D eigenvalue weighted by molar-refractivity contribution is 7.99. The van der Waals surface area contributed by atoms with Gasteiger partial charge in [0, 0.05) is 50.0 Å². The Labute approximate surface area is 142 Å². The van der Waals surface area contributed by atoms with Gasteiger partial charge in [-0.1, -0.05) is 0 Å². The number of carbonyl (C=O) groups excluding carboxylic acids is 1. The van der Waals surface area contributed by atoms with Crippen LogP contribution in [0.15, 0.2) is 17.2 Å². The summed E-state index contributed by atoms with van der Waals surface area (Å²) in [4.78, 5) is 20.4. The average Bonchev–Trinajstić information content (AvgIpc) is 2.59. The first-order chi connectivity index (χ1) is 11.0. The highest BCUT2D eigenvalue weighted by Crippen LogP contribution is 2.32. The zero-order valence-corrected chi connectivity index (χ0v) is 14.9. The van der Waals surface area contributed by atoms with Crippen LogP contribution in [0.4, 0.5) is 11.5 Å². The Kier molecular flexibility index (Phi) is 6.68. The molecule has 23 heavy (non-hydrogen) atoms. The molecule has 1 aliphatic heterocycles. The van der Waals surface area contributed by atoms with E-state index in [1.807, 2.05) is 6.92 Å². The fraction of sp³-hybridized carbons (Fsp3) is 0.625. The summed E-state index contributed by atoms with van der Waals surface area (Å²) in [5.41, 5.74) is 6.68. The van der Waals surface area contributed by atoms with E-state index in [4.69, 9.17) is 10.5 Å². The Morgan fingerprint density at radius 1 is 1.48 bits per heavy atom. The van der Waals surface area contributed by atoms with Crippen molar-refractivity contribution in [2.24, 2.45) is 5.73 Å². The van der Waals surface area contributed by atoms with E-state index in [0.29, 0.717) is 6.04 Å². The van der Waals surface area contributed by atoms with Gasteiger partial charge in [0.25, 0.3) is 0 Å². The molecule has 0 spiro atoms. The lowest BCUT2D eigenvalue weighted by Crippen LogP contribution is -2.37. The van der Waals surface area contributed by atoms with E-state index in [-0.39, 0.29) is 6.04 Å². The van der Waals surface area contributed by atoms with Gasteiger partial charge in [0.1, 0.15) is 5.82 Å².